The highest BCUT2D eigenvalue weighted by molar-refractivity contribution is 6.79. The number of aryl methyl sites for hydroxylation is 4. The van der Waals surface area contributed by atoms with Gasteiger partial charge in [-0.05, 0) is 62.6 Å². The van der Waals surface area contributed by atoms with E-state index in [1.54, 1.807) is 6.07 Å². The van der Waals surface area contributed by atoms with Crippen LogP contribution in [0.3, 0.4) is 0 Å². The highest BCUT2D eigenvalue weighted by Gasteiger charge is 2.32. The van der Waals surface area contributed by atoms with Crippen LogP contribution < -0.4 is 9.47 Å². The lowest BCUT2D eigenvalue weighted by Crippen LogP contribution is -2.47. The molecular weight excluding hydrogens is 343 g/mol. The second-order valence-corrected chi connectivity index (χ2v) is 12.4. The lowest BCUT2D eigenvalue weighted by atomic mass is 10.1. The van der Waals surface area contributed by atoms with E-state index in [1.807, 2.05) is 6.92 Å². The highest BCUT2D eigenvalue weighted by atomic mass is 28.3. The Morgan fingerprint density at radius 3 is 1.92 bits per heavy atom. The predicted molar refractivity (Wildman–Crippen MR) is 109 cm³/mol. The largest absolute Gasteiger partial charge is 0.497 e. The molecule has 0 aliphatic heterocycles. The van der Waals surface area contributed by atoms with Gasteiger partial charge >= 0.3 is 0 Å². The Kier molecular flexibility index (Phi) is 6.87. The van der Waals surface area contributed by atoms with E-state index < -0.39 is 8.07 Å². The Bertz CT molecular complexity index is 731. The van der Waals surface area contributed by atoms with Crippen LogP contribution in [0, 0.1) is 33.5 Å². The van der Waals surface area contributed by atoms with Gasteiger partial charge in [-0.2, -0.15) is 0 Å². The van der Waals surface area contributed by atoms with Crippen molar-refractivity contribution < 1.29 is 13.9 Å². The Labute approximate surface area is 158 Å². The predicted octanol–water partition coefficient (Wildman–Crippen LogP) is 6.08. The second-order valence-electron chi connectivity index (χ2n) is 7.42. The van der Waals surface area contributed by atoms with E-state index in [0.29, 0.717) is 6.23 Å². The van der Waals surface area contributed by atoms with Crippen molar-refractivity contribution in [2.24, 2.45) is 0 Å². The lowest BCUT2D eigenvalue weighted by molar-refractivity contribution is 0.337. The molecule has 0 atom stereocenters. The van der Waals surface area contributed by atoms with Gasteiger partial charge in [-0.1, -0.05) is 43.6 Å². The van der Waals surface area contributed by atoms with E-state index in [1.165, 1.54) is 28.8 Å². The van der Waals surface area contributed by atoms with Crippen molar-refractivity contribution in [2.75, 3.05) is 12.5 Å². The average Bonchev–Trinajstić information content (AvgIpc) is 2.58. The first-order valence-electron chi connectivity index (χ1n) is 9.40. The Morgan fingerprint density at radius 2 is 1.38 bits per heavy atom. The van der Waals surface area contributed by atoms with Gasteiger partial charge in [-0.25, -0.2) is 4.39 Å². The smallest absolute Gasteiger partial charge is 0.141 e. The van der Waals surface area contributed by atoms with E-state index >= 15 is 0 Å². The van der Waals surface area contributed by atoms with Crippen LogP contribution in [0.4, 0.5) is 4.39 Å². The van der Waals surface area contributed by atoms with Gasteiger partial charge in [0.2, 0.25) is 0 Å². The van der Waals surface area contributed by atoms with Crippen molar-refractivity contribution in [3.05, 3.63) is 58.4 Å². The van der Waals surface area contributed by atoms with E-state index in [-0.39, 0.29) is 5.82 Å². The van der Waals surface area contributed by atoms with Crippen LogP contribution in [0.15, 0.2) is 30.3 Å². The highest BCUT2D eigenvalue weighted by Crippen LogP contribution is 2.27. The number of hydrogen-bond donors (Lipinski definition) is 0. The van der Waals surface area contributed by atoms with Crippen molar-refractivity contribution in [2.45, 2.75) is 53.6 Å². The van der Waals surface area contributed by atoms with Crippen LogP contribution in [0.1, 0.15) is 36.1 Å². The zero-order valence-electron chi connectivity index (χ0n) is 16.9. The molecule has 0 spiro atoms. The second kappa shape index (κ2) is 8.72. The Hall–Kier alpha value is -1.81. The van der Waals surface area contributed by atoms with E-state index in [4.69, 9.17) is 9.47 Å². The molecule has 0 N–H and O–H groups in total. The lowest BCUT2D eigenvalue weighted by Gasteiger charge is -2.30. The van der Waals surface area contributed by atoms with E-state index in [9.17, 15) is 4.39 Å². The minimum Gasteiger partial charge on any atom is -0.497 e. The van der Waals surface area contributed by atoms with Gasteiger partial charge in [0, 0.05) is 0 Å². The summed E-state index contributed by atoms with van der Waals surface area (Å²) in [7, 11) is -1.74. The van der Waals surface area contributed by atoms with Crippen LogP contribution >= 0.6 is 0 Å². The van der Waals surface area contributed by atoms with Gasteiger partial charge in [0.15, 0.2) is 0 Å². The molecule has 0 fully saturated rings. The van der Waals surface area contributed by atoms with Crippen LogP contribution in [0.2, 0.25) is 12.1 Å². The minimum atomic E-state index is -1.74. The summed E-state index contributed by atoms with van der Waals surface area (Å²) in [5.74, 6) is 1.55. The molecule has 2 nitrogen and oxygen atoms in total. The van der Waals surface area contributed by atoms with Crippen molar-refractivity contribution >= 4 is 8.07 Å². The van der Waals surface area contributed by atoms with Crippen LogP contribution in [0.25, 0.3) is 0 Å². The molecule has 0 bridgehead atoms. The fourth-order valence-corrected chi connectivity index (χ4v) is 5.64. The molecule has 26 heavy (non-hydrogen) atoms. The number of rotatable bonds is 8. The summed E-state index contributed by atoms with van der Waals surface area (Å²) in [5.41, 5.74) is 4.48. The molecule has 0 heterocycles. The molecule has 0 amide bonds. The molecule has 142 valence electrons. The first kappa shape index (κ1) is 20.5. The third kappa shape index (κ3) is 4.88. The maximum Gasteiger partial charge on any atom is 0.141 e. The maximum absolute atomic E-state index is 13.3. The van der Waals surface area contributed by atoms with Crippen LogP contribution in [-0.2, 0) is 0 Å². The molecule has 0 saturated heterocycles. The maximum atomic E-state index is 13.3. The summed E-state index contributed by atoms with van der Waals surface area (Å²) in [6, 6.07) is 11.2. The first-order chi connectivity index (χ1) is 12.3. The number of hydrogen-bond acceptors (Lipinski definition) is 2. The van der Waals surface area contributed by atoms with Crippen molar-refractivity contribution in [3.63, 3.8) is 0 Å². The van der Waals surface area contributed by atoms with Gasteiger partial charge in [-0.3, -0.25) is 0 Å². The third-order valence-corrected chi connectivity index (χ3v) is 9.81. The quantitative estimate of drug-likeness (QED) is 0.521. The molecule has 0 saturated carbocycles. The van der Waals surface area contributed by atoms with Crippen molar-refractivity contribution in [1.29, 1.82) is 0 Å². The molecule has 2 aromatic carbocycles. The molecular formula is C22H31FO2Si. The normalized spacial score (nSPS) is 11.5. The summed E-state index contributed by atoms with van der Waals surface area (Å²) in [4.78, 5) is 0. The molecule has 0 aromatic heterocycles. The summed E-state index contributed by atoms with van der Waals surface area (Å²) in [6.07, 6.45) is 1.43. The Morgan fingerprint density at radius 1 is 0.808 bits per heavy atom. The molecule has 0 unspecified atom stereocenters. The molecule has 2 aromatic rings. The summed E-state index contributed by atoms with van der Waals surface area (Å²) < 4.78 is 25.8. The van der Waals surface area contributed by atoms with Gasteiger partial charge in [0.25, 0.3) is 0 Å². The van der Waals surface area contributed by atoms with Crippen molar-refractivity contribution in [1.82, 2.24) is 0 Å². The third-order valence-electron chi connectivity index (χ3n) is 5.30. The number of benzene rings is 2. The van der Waals surface area contributed by atoms with Gasteiger partial charge < -0.3 is 9.47 Å². The number of ether oxygens (including phenoxy) is 2. The molecule has 2 rings (SSSR count). The molecule has 0 aliphatic carbocycles. The van der Waals surface area contributed by atoms with Gasteiger partial charge in [0.1, 0.15) is 25.4 Å². The average molecular weight is 375 g/mol. The minimum absolute atomic E-state index is 0.224. The SMILES string of the molecule is CC[Si](CC)(COc1ccc(F)cc1C)COc1c(C)cc(C)cc1C. The zero-order chi connectivity index (χ0) is 19.3. The monoisotopic (exact) mass is 374 g/mol. The summed E-state index contributed by atoms with van der Waals surface area (Å²) in [6.45, 7) is 12.7. The zero-order valence-corrected chi connectivity index (χ0v) is 17.9. The fraction of sp³-hybridized carbons (Fsp3) is 0.455. The van der Waals surface area contributed by atoms with Gasteiger partial charge in [-0.15, -0.1) is 0 Å². The summed E-state index contributed by atoms with van der Waals surface area (Å²) >= 11 is 0. The van der Waals surface area contributed by atoms with Crippen LogP contribution in [0.5, 0.6) is 11.5 Å². The topological polar surface area (TPSA) is 18.5 Å². The molecule has 0 radical (unpaired) electrons. The number of halogens is 1. The fourth-order valence-electron chi connectivity index (χ4n) is 3.33. The van der Waals surface area contributed by atoms with E-state index in [2.05, 4.69) is 46.8 Å². The first-order valence-corrected chi connectivity index (χ1v) is 12.2. The molecule has 0 aliphatic rings. The van der Waals surface area contributed by atoms with Crippen molar-refractivity contribution in [3.8, 4) is 11.5 Å². The van der Waals surface area contributed by atoms with Gasteiger partial charge in [0.05, 0.1) is 12.5 Å². The molecule has 4 heteroatoms. The standard InChI is InChI=1S/C22H31FO2Si/c1-7-26(8-2,14-24-21-10-9-20(23)13-17(21)4)15-25-22-18(5)11-16(3)12-19(22)6/h9-13H,7-8,14-15H2,1-6H3. The van der Waals surface area contributed by atoms with Crippen LogP contribution in [-0.4, -0.2) is 20.5 Å². The summed E-state index contributed by atoms with van der Waals surface area (Å²) in [5, 5.41) is 0. The van der Waals surface area contributed by atoms with E-state index in [0.717, 1.165) is 35.4 Å². The Balaban J connectivity index is 2.11.